The maximum atomic E-state index is 10.5. The van der Waals surface area contributed by atoms with E-state index in [1.807, 2.05) is 12.1 Å². The minimum Gasteiger partial charge on any atom is -0.508 e. The van der Waals surface area contributed by atoms with Gasteiger partial charge in [-0.25, -0.2) is 0 Å². The van der Waals surface area contributed by atoms with Gasteiger partial charge in [0.25, 0.3) is 6.47 Å². The third kappa shape index (κ3) is 6.55. The lowest BCUT2D eigenvalue weighted by molar-refractivity contribution is -0.135. The van der Waals surface area contributed by atoms with Crippen molar-refractivity contribution in [3.05, 3.63) is 29.3 Å². The maximum Gasteiger partial charge on any atom is 0.293 e. The van der Waals surface area contributed by atoms with Crippen LogP contribution >= 0.6 is 0 Å². The van der Waals surface area contributed by atoms with E-state index in [1.54, 1.807) is 0 Å². The second-order valence-electron chi connectivity index (χ2n) is 9.29. The molecule has 3 heteroatoms. The summed E-state index contributed by atoms with van der Waals surface area (Å²) in [6.07, 6.45) is 16.6. The van der Waals surface area contributed by atoms with E-state index in [-0.39, 0.29) is 5.60 Å². The fraction of sp³-hybridized carbons (Fsp3) is 0.708. The van der Waals surface area contributed by atoms with Crippen LogP contribution in [0.3, 0.4) is 0 Å². The number of benzene rings is 1. The van der Waals surface area contributed by atoms with Gasteiger partial charge in [-0.05, 0) is 93.2 Å². The molecule has 0 saturated heterocycles. The van der Waals surface area contributed by atoms with Crippen LogP contribution in [0, 0.1) is 5.41 Å². The number of ether oxygens (including phenoxy) is 1. The summed E-state index contributed by atoms with van der Waals surface area (Å²) in [5, 5.41) is 10.1. The van der Waals surface area contributed by atoms with Crippen molar-refractivity contribution in [2.45, 2.75) is 102 Å². The van der Waals surface area contributed by atoms with E-state index in [2.05, 4.69) is 13.0 Å². The molecule has 0 radical (unpaired) electrons. The first-order chi connectivity index (χ1) is 13.0. The number of rotatable bonds is 14. The van der Waals surface area contributed by atoms with Crippen molar-refractivity contribution in [3.63, 3.8) is 0 Å². The molecule has 0 spiro atoms. The standard InChI is InChI=1S/C24H36O3/c1-23(14-15-23)12-6-3-2-4-9-21-18-20(10-11-22(21)26)8-5-7-13-24(16-17-24)27-19-25/h10-11,18-19,26H,2-9,12-17H2,1H3. The van der Waals surface area contributed by atoms with Crippen LogP contribution in [-0.4, -0.2) is 17.2 Å². The van der Waals surface area contributed by atoms with Crippen molar-refractivity contribution in [3.8, 4) is 5.75 Å². The number of phenols is 1. The molecule has 27 heavy (non-hydrogen) atoms. The van der Waals surface area contributed by atoms with E-state index in [9.17, 15) is 9.90 Å². The van der Waals surface area contributed by atoms with Crippen molar-refractivity contribution in [2.24, 2.45) is 5.41 Å². The molecule has 2 aliphatic carbocycles. The zero-order valence-corrected chi connectivity index (χ0v) is 17.0. The lowest BCUT2D eigenvalue weighted by Gasteiger charge is -2.13. The molecule has 0 aromatic heterocycles. The van der Waals surface area contributed by atoms with Crippen molar-refractivity contribution in [2.75, 3.05) is 0 Å². The van der Waals surface area contributed by atoms with Crippen LogP contribution in [0.15, 0.2) is 18.2 Å². The number of carbonyl (C=O) groups is 1. The minimum absolute atomic E-state index is 0.126. The number of aryl methyl sites for hydroxylation is 2. The normalized spacial score (nSPS) is 18.9. The number of aromatic hydroxyl groups is 1. The predicted molar refractivity (Wildman–Crippen MR) is 109 cm³/mol. The zero-order valence-electron chi connectivity index (χ0n) is 17.0. The third-order valence-electron chi connectivity index (χ3n) is 6.68. The quantitative estimate of drug-likeness (QED) is 0.317. The van der Waals surface area contributed by atoms with Gasteiger partial charge in [0.15, 0.2) is 0 Å². The van der Waals surface area contributed by atoms with E-state index in [1.165, 1.54) is 50.5 Å². The topological polar surface area (TPSA) is 46.5 Å². The van der Waals surface area contributed by atoms with Crippen LogP contribution in [0.25, 0.3) is 0 Å². The second kappa shape index (κ2) is 9.12. The highest BCUT2D eigenvalue weighted by atomic mass is 16.5. The van der Waals surface area contributed by atoms with E-state index in [4.69, 9.17) is 4.74 Å². The highest BCUT2D eigenvalue weighted by molar-refractivity contribution is 5.39. The summed E-state index contributed by atoms with van der Waals surface area (Å²) in [5.74, 6) is 0.445. The van der Waals surface area contributed by atoms with E-state index < -0.39 is 0 Å². The van der Waals surface area contributed by atoms with Crippen molar-refractivity contribution >= 4 is 6.47 Å². The smallest absolute Gasteiger partial charge is 0.293 e. The predicted octanol–water partition coefficient (Wildman–Crippen LogP) is 6.10. The highest BCUT2D eigenvalue weighted by Gasteiger charge is 2.44. The molecule has 1 N–H and O–H groups in total. The Hall–Kier alpha value is -1.51. The molecular formula is C24H36O3. The summed E-state index contributed by atoms with van der Waals surface area (Å²) in [6, 6.07) is 6.09. The summed E-state index contributed by atoms with van der Waals surface area (Å²) in [5.41, 5.74) is 2.97. The van der Waals surface area contributed by atoms with Crippen LogP contribution in [-0.2, 0) is 22.4 Å². The van der Waals surface area contributed by atoms with Crippen LogP contribution < -0.4 is 0 Å². The molecular weight excluding hydrogens is 336 g/mol. The van der Waals surface area contributed by atoms with E-state index in [0.29, 0.717) is 17.6 Å². The molecule has 0 aliphatic heterocycles. The molecule has 0 unspecified atom stereocenters. The summed E-state index contributed by atoms with van der Waals surface area (Å²) < 4.78 is 5.21. The average molecular weight is 373 g/mol. The van der Waals surface area contributed by atoms with Crippen molar-refractivity contribution in [1.29, 1.82) is 0 Å². The van der Waals surface area contributed by atoms with Gasteiger partial charge in [-0.2, -0.15) is 0 Å². The molecule has 0 amide bonds. The molecule has 0 atom stereocenters. The number of unbranched alkanes of at least 4 members (excludes halogenated alkanes) is 4. The zero-order chi connectivity index (χ0) is 19.2. The third-order valence-corrected chi connectivity index (χ3v) is 6.68. The van der Waals surface area contributed by atoms with Crippen LogP contribution in [0.1, 0.15) is 95.1 Å². The van der Waals surface area contributed by atoms with Crippen molar-refractivity contribution < 1.29 is 14.6 Å². The van der Waals surface area contributed by atoms with Crippen LogP contribution in [0.4, 0.5) is 0 Å². The Morgan fingerprint density at radius 3 is 2.37 bits per heavy atom. The number of hydrogen-bond donors (Lipinski definition) is 1. The fourth-order valence-electron chi connectivity index (χ4n) is 4.12. The molecule has 1 aromatic rings. The number of hydrogen-bond acceptors (Lipinski definition) is 3. The Kier molecular flexibility index (Phi) is 6.83. The molecule has 150 valence electrons. The molecule has 0 bridgehead atoms. The summed E-state index contributed by atoms with van der Waals surface area (Å²) in [4.78, 5) is 10.5. The highest BCUT2D eigenvalue weighted by Crippen LogP contribution is 2.49. The summed E-state index contributed by atoms with van der Waals surface area (Å²) >= 11 is 0. The van der Waals surface area contributed by atoms with Crippen LogP contribution in [0.2, 0.25) is 0 Å². The summed E-state index contributed by atoms with van der Waals surface area (Å²) in [7, 11) is 0. The Morgan fingerprint density at radius 2 is 1.67 bits per heavy atom. The molecule has 3 rings (SSSR count). The molecule has 2 fully saturated rings. The largest absolute Gasteiger partial charge is 0.508 e. The lowest BCUT2D eigenvalue weighted by Crippen LogP contribution is -2.12. The molecule has 1 aromatic carbocycles. The number of carbonyl (C=O) groups excluding carboxylic acids is 1. The Balaban J connectivity index is 1.32. The first-order valence-corrected chi connectivity index (χ1v) is 11.0. The second-order valence-corrected chi connectivity index (χ2v) is 9.29. The molecule has 2 saturated carbocycles. The average Bonchev–Trinajstić information content (AvgIpc) is 3.57. The summed E-state index contributed by atoms with van der Waals surface area (Å²) in [6.45, 7) is 3.02. The lowest BCUT2D eigenvalue weighted by atomic mass is 9.97. The van der Waals surface area contributed by atoms with Gasteiger partial charge in [-0.3, -0.25) is 4.79 Å². The van der Waals surface area contributed by atoms with Gasteiger partial charge in [0.2, 0.25) is 0 Å². The molecule has 2 aliphatic rings. The number of phenolic OH excluding ortho intramolecular Hbond substituents is 1. The first-order valence-electron chi connectivity index (χ1n) is 11.0. The molecule has 0 heterocycles. The maximum absolute atomic E-state index is 10.5. The van der Waals surface area contributed by atoms with Gasteiger partial charge >= 0.3 is 0 Å². The minimum atomic E-state index is -0.126. The fourth-order valence-corrected chi connectivity index (χ4v) is 4.12. The Morgan fingerprint density at radius 1 is 0.963 bits per heavy atom. The Labute approximate surface area is 164 Å². The van der Waals surface area contributed by atoms with Gasteiger partial charge in [-0.1, -0.05) is 38.3 Å². The van der Waals surface area contributed by atoms with Gasteiger partial charge in [-0.15, -0.1) is 0 Å². The van der Waals surface area contributed by atoms with Gasteiger partial charge < -0.3 is 9.84 Å². The van der Waals surface area contributed by atoms with Crippen molar-refractivity contribution in [1.82, 2.24) is 0 Å². The Bertz CT molecular complexity index is 614. The first kappa shape index (κ1) is 20.2. The monoisotopic (exact) mass is 372 g/mol. The van der Waals surface area contributed by atoms with Crippen LogP contribution in [0.5, 0.6) is 5.75 Å². The van der Waals surface area contributed by atoms with E-state index in [0.717, 1.165) is 50.5 Å². The van der Waals surface area contributed by atoms with Gasteiger partial charge in [0, 0.05) is 0 Å². The van der Waals surface area contributed by atoms with E-state index >= 15 is 0 Å². The molecule has 3 nitrogen and oxygen atoms in total. The van der Waals surface area contributed by atoms with Gasteiger partial charge in [0.1, 0.15) is 11.4 Å². The SMILES string of the molecule is CC1(CCCCCCc2cc(CCCCC3(OC=O)CC3)ccc2O)CC1. The van der Waals surface area contributed by atoms with Gasteiger partial charge in [0.05, 0.1) is 0 Å².